The van der Waals surface area contributed by atoms with Crippen LogP contribution in [0.1, 0.15) is 12.8 Å². The maximum atomic E-state index is 12.6. The van der Waals surface area contributed by atoms with Gasteiger partial charge in [-0.25, -0.2) is 13.4 Å². The van der Waals surface area contributed by atoms with E-state index < -0.39 is 10.0 Å². The molecule has 0 atom stereocenters. The summed E-state index contributed by atoms with van der Waals surface area (Å²) in [7, 11) is -1.76. The van der Waals surface area contributed by atoms with Crippen LogP contribution >= 0.6 is 28.3 Å². The third-order valence-corrected chi connectivity index (χ3v) is 7.35. The van der Waals surface area contributed by atoms with Gasteiger partial charge in [0.05, 0.1) is 17.7 Å². The Morgan fingerprint density at radius 2 is 1.83 bits per heavy atom. The zero-order valence-electron chi connectivity index (χ0n) is 15.9. The molecule has 2 aromatic carbocycles. The van der Waals surface area contributed by atoms with Gasteiger partial charge in [-0.15, -0.1) is 28.3 Å². The van der Waals surface area contributed by atoms with Gasteiger partial charge in [0, 0.05) is 35.8 Å². The van der Waals surface area contributed by atoms with Crippen LogP contribution in [0.3, 0.4) is 0 Å². The van der Waals surface area contributed by atoms with E-state index in [0.29, 0.717) is 18.0 Å². The van der Waals surface area contributed by atoms with E-state index in [1.807, 2.05) is 41.8 Å². The fraction of sp³-hybridized carbons (Fsp3) is 0.250. The SMILES string of the molecule is Br.COc1cccc(Nc2nc(-c3ccc(S(=O)(=O)N4CCCC4)cc3)cs2)c1. The Kier molecular flexibility index (Phi) is 6.94. The summed E-state index contributed by atoms with van der Waals surface area (Å²) >= 11 is 1.49. The highest BCUT2D eigenvalue weighted by Crippen LogP contribution is 2.29. The number of nitrogens with one attached hydrogen (secondary N) is 1. The zero-order chi connectivity index (χ0) is 19.6. The summed E-state index contributed by atoms with van der Waals surface area (Å²) in [6.45, 7) is 1.21. The molecule has 3 aromatic rings. The van der Waals surface area contributed by atoms with Crippen LogP contribution in [0.5, 0.6) is 5.75 Å². The number of benzene rings is 2. The number of thiazole rings is 1. The van der Waals surface area contributed by atoms with Crippen LogP contribution in [0.4, 0.5) is 10.8 Å². The van der Waals surface area contributed by atoms with Gasteiger partial charge in [-0.1, -0.05) is 18.2 Å². The molecular formula is C20H22BrN3O3S2. The van der Waals surface area contributed by atoms with Gasteiger partial charge in [-0.05, 0) is 37.1 Å². The predicted molar refractivity (Wildman–Crippen MR) is 122 cm³/mol. The Morgan fingerprint density at radius 1 is 1.10 bits per heavy atom. The van der Waals surface area contributed by atoms with E-state index in [2.05, 4.69) is 10.3 Å². The van der Waals surface area contributed by atoms with Crippen LogP contribution in [0.25, 0.3) is 11.3 Å². The summed E-state index contributed by atoms with van der Waals surface area (Å²) in [5.41, 5.74) is 2.59. The number of aromatic nitrogens is 1. The van der Waals surface area contributed by atoms with Crippen molar-refractivity contribution in [3.05, 3.63) is 53.9 Å². The molecule has 9 heteroatoms. The van der Waals surface area contributed by atoms with Gasteiger partial charge in [0.2, 0.25) is 10.0 Å². The Bertz CT molecular complexity index is 1060. The number of rotatable bonds is 6. The number of halogens is 1. The minimum atomic E-state index is -3.39. The number of methoxy groups -OCH3 is 1. The minimum Gasteiger partial charge on any atom is -0.497 e. The van der Waals surface area contributed by atoms with Crippen molar-refractivity contribution >= 4 is 49.2 Å². The fourth-order valence-electron chi connectivity index (χ4n) is 3.16. The first-order chi connectivity index (χ1) is 13.6. The second-order valence-electron chi connectivity index (χ2n) is 6.53. The van der Waals surface area contributed by atoms with Gasteiger partial charge in [-0.2, -0.15) is 4.31 Å². The van der Waals surface area contributed by atoms with Crippen molar-refractivity contribution < 1.29 is 13.2 Å². The van der Waals surface area contributed by atoms with E-state index in [0.717, 1.165) is 40.7 Å². The molecule has 2 heterocycles. The van der Waals surface area contributed by atoms with Gasteiger partial charge >= 0.3 is 0 Å². The summed E-state index contributed by atoms with van der Waals surface area (Å²) in [6.07, 6.45) is 1.86. The van der Waals surface area contributed by atoms with Crippen molar-refractivity contribution in [2.24, 2.45) is 0 Å². The summed E-state index contributed by atoms with van der Waals surface area (Å²) < 4.78 is 32.1. The average Bonchev–Trinajstić information content (AvgIpc) is 3.41. The van der Waals surface area contributed by atoms with Gasteiger partial charge in [-0.3, -0.25) is 0 Å². The van der Waals surface area contributed by atoms with Crippen molar-refractivity contribution in [2.75, 3.05) is 25.5 Å². The molecule has 0 spiro atoms. The molecule has 1 fully saturated rings. The van der Waals surface area contributed by atoms with Crippen LogP contribution in [-0.2, 0) is 10.0 Å². The highest BCUT2D eigenvalue weighted by molar-refractivity contribution is 8.93. The standard InChI is InChI=1S/C20H21N3O3S2.BrH/c1-26-17-6-4-5-16(13-17)21-20-22-19(14-27-20)15-7-9-18(10-8-15)28(24,25)23-11-2-3-12-23;/h4-10,13-14H,2-3,11-12H2,1H3,(H,21,22);1H. The lowest BCUT2D eigenvalue weighted by atomic mass is 10.2. The topological polar surface area (TPSA) is 71.5 Å². The Hall–Kier alpha value is -1.94. The smallest absolute Gasteiger partial charge is 0.243 e. The number of anilines is 2. The Labute approximate surface area is 185 Å². The van der Waals surface area contributed by atoms with E-state index in [4.69, 9.17) is 4.74 Å². The third kappa shape index (κ3) is 4.80. The number of nitrogens with zero attached hydrogens (tertiary/aromatic N) is 2. The molecule has 0 amide bonds. The molecule has 1 N–H and O–H groups in total. The Balaban J connectivity index is 0.00000240. The first kappa shape index (κ1) is 21.8. The molecular weight excluding hydrogens is 474 g/mol. The van der Waals surface area contributed by atoms with Gasteiger partial charge in [0.15, 0.2) is 5.13 Å². The van der Waals surface area contributed by atoms with Gasteiger partial charge in [0.25, 0.3) is 0 Å². The monoisotopic (exact) mass is 495 g/mol. The molecule has 4 rings (SSSR count). The highest BCUT2D eigenvalue weighted by atomic mass is 79.9. The summed E-state index contributed by atoms with van der Waals surface area (Å²) in [5.74, 6) is 0.775. The number of hydrogen-bond acceptors (Lipinski definition) is 6. The van der Waals surface area contributed by atoms with E-state index in [1.165, 1.54) is 11.3 Å². The lowest BCUT2D eigenvalue weighted by molar-refractivity contribution is 0.415. The van der Waals surface area contributed by atoms with E-state index in [9.17, 15) is 8.42 Å². The third-order valence-electron chi connectivity index (χ3n) is 4.68. The zero-order valence-corrected chi connectivity index (χ0v) is 19.2. The van der Waals surface area contributed by atoms with Crippen molar-refractivity contribution in [3.63, 3.8) is 0 Å². The molecule has 29 heavy (non-hydrogen) atoms. The second-order valence-corrected chi connectivity index (χ2v) is 9.33. The number of ether oxygens (including phenoxy) is 1. The maximum absolute atomic E-state index is 12.6. The average molecular weight is 496 g/mol. The molecule has 0 aliphatic carbocycles. The molecule has 0 bridgehead atoms. The number of sulfonamides is 1. The molecule has 0 saturated carbocycles. The van der Waals surface area contributed by atoms with Crippen LogP contribution in [0, 0.1) is 0 Å². The van der Waals surface area contributed by atoms with Crippen molar-refractivity contribution in [1.82, 2.24) is 9.29 Å². The molecule has 6 nitrogen and oxygen atoms in total. The lowest BCUT2D eigenvalue weighted by Gasteiger charge is -2.15. The van der Waals surface area contributed by atoms with Crippen LogP contribution < -0.4 is 10.1 Å². The normalized spacial score (nSPS) is 14.4. The van der Waals surface area contributed by atoms with Crippen LogP contribution in [0.2, 0.25) is 0 Å². The molecule has 0 unspecified atom stereocenters. The van der Waals surface area contributed by atoms with E-state index in [1.54, 1.807) is 23.5 Å². The molecule has 154 valence electrons. The summed E-state index contributed by atoms with van der Waals surface area (Å²) in [6, 6.07) is 14.6. The predicted octanol–water partition coefficient (Wildman–Crippen LogP) is 4.92. The van der Waals surface area contributed by atoms with Gasteiger partial charge in [0.1, 0.15) is 5.75 Å². The van der Waals surface area contributed by atoms with E-state index >= 15 is 0 Å². The maximum Gasteiger partial charge on any atom is 0.243 e. The fourth-order valence-corrected chi connectivity index (χ4v) is 5.42. The van der Waals surface area contributed by atoms with Gasteiger partial charge < -0.3 is 10.1 Å². The molecule has 1 saturated heterocycles. The quantitative estimate of drug-likeness (QED) is 0.525. The van der Waals surface area contributed by atoms with Crippen LogP contribution in [0.15, 0.2) is 58.8 Å². The summed E-state index contributed by atoms with van der Waals surface area (Å²) in [4.78, 5) is 4.94. The Morgan fingerprint density at radius 3 is 2.52 bits per heavy atom. The largest absolute Gasteiger partial charge is 0.497 e. The second kappa shape index (κ2) is 9.25. The number of hydrogen-bond donors (Lipinski definition) is 1. The highest BCUT2D eigenvalue weighted by Gasteiger charge is 2.26. The summed E-state index contributed by atoms with van der Waals surface area (Å²) in [5, 5.41) is 5.98. The van der Waals surface area contributed by atoms with Crippen molar-refractivity contribution in [3.8, 4) is 17.0 Å². The van der Waals surface area contributed by atoms with E-state index in [-0.39, 0.29) is 17.0 Å². The van der Waals surface area contributed by atoms with Crippen LogP contribution in [-0.4, -0.2) is 37.9 Å². The lowest BCUT2D eigenvalue weighted by Crippen LogP contribution is -2.27. The first-order valence-corrected chi connectivity index (χ1v) is 11.4. The molecule has 1 aromatic heterocycles. The molecule has 1 aliphatic rings. The first-order valence-electron chi connectivity index (χ1n) is 9.03. The van der Waals surface area contributed by atoms with Crippen molar-refractivity contribution in [1.29, 1.82) is 0 Å². The molecule has 1 aliphatic heterocycles. The minimum absolute atomic E-state index is 0. The van der Waals surface area contributed by atoms with Crippen molar-refractivity contribution in [2.45, 2.75) is 17.7 Å². The molecule has 0 radical (unpaired) electrons.